The quantitative estimate of drug-likeness (QED) is 0.492. The van der Waals surface area contributed by atoms with Crippen LogP contribution < -0.4 is 6.15 Å². The highest BCUT2D eigenvalue weighted by Crippen LogP contribution is 2.35. The van der Waals surface area contributed by atoms with Gasteiger partial charge in [0.2, 0.25) is 0 Å². The highest BCUT2D eigenvalue weighted by Gasteiger charge is 2.58. The summed E-state index contributed by atoms with van der Waals surface area (Å²) < 4.78 is 62.6. The molecule has 0 unspecified atom stereocenters. The molecule has 0 fully saturated rings. The molecule has 0 amide bonds. The third-order valence-electron chi connectivity index (χ3n) is 0.321. The summed E-state index contributed by atoms with van der Waals surface area (Å²) in [6, 6.07) is 0. The van der Waals surface area contributed by atoms with Crippen LogP contribution in [0.25, 0.3) is 0 Å². The summed E-state index contributed by atoms with van der Waals surface area (Å²) in [4.78, 5) is 0. The van der Waals surface area contributed by atoms with E-state index in [4.69, 9.17) is 0 Å². The predicted molar refractivity (Wildman–Crippen MR) is 14.9 cm³/mol. The van der Waals surface area contributed by atoms with Gasteiger partial charge >= 0.3 is 12.4 Å². The van der Waals surface area contributed by atoms with Gasteiger partial charge < -0.3 is 0 Å². The molecule has 61 valence electrons. The minimum Gasteiger partial charge on any atom is -0.162 e. The topological polar surface area (TPSA) is 59.0 Å². The molecule has 0 aliphatic heterocycles. The highest BCUT2D eigenvalue weighted by atomic mass is 19.5. The molecular weight excluding hydrogens is 168 g/mol. The monoisotopic (exact) mass is 168 g/mol. The number of alkyl halides is 6. The van der Waals surface area contributed by atoms with E-state index in [1.807, 2.05) is 0 Å². The third-order valence-corrected chi connectivity index (χ3v) is 0.321. The van der Waals surface area contributed by atoms with Crippen molar-refractivity contribution in [3.05, 3.63) is 0 Å². The second-order valence-corrected chi connectivity index (χ2v) is 0.996. The second-order valence-electron chi connectivity index (χ2n) is 0.996. The van der Waals surface area contributed by atoms with E-state index in [0.717, 1.165) is 0 Å². The minimum absolute atomic E-state index is 0. The number of halogens is 6. The van der Waals surface area contributed by atoms with E-state index in [1.165, 1.54) is 0 Å². The smallest absolute Gasteiger partial charge is 0.162 e. The van der Waals surface area contributed by atoms with Gasteiger partial charge in [0, 0.05) is 11.6 Å². The molecule has 0 rings (SSSR count). The Labute approximate surface area is 51.7 Å². The molecule has 0 aliphatic rings. The molecule has 0 aromatic heterocycles. The first kappa shape index (κ1) is 16.2. The second kappa shape index (κ2) is 3.62. The molecule has 0 saturated heterocycles. The Kier molecular flexibility index (Phi) is 5.87. The van der Waals surface area contributed by atoms with Crippen molar-refractivity contribution in [1.29, 1.82) is 0 Å². The summed E-state index contributed by atoms with van der Waals surface area (Å²) in [5.41, 5.74) is 0. The van der Waals surface area contributed by atoms with Crippen molar-refractivity contribution < 1.29 is 31.8 Å². The fraction of sp³-hybridized carbons (Fsp3) is 1.00. The molecule has 0 aromatic carbocycles. The van der Waals surface area contributed by atoms with E-state index in [-0.39, 0.29) is 11.6 Å². The van der Waals surface area contributed by atoms with Gasteiger partial charge in [-0.2, -0.15) is 26.3 Å². The first-order valence-corrected chi connectivity index (χ1v) is 1.38. The Hall–Kier alpha value is -0.500. The van der Waals surface area contributed by atoms with Crippen LogP contribution in [-0.2, 0) is 5.48 Å². The minimum atomic E-state index is -6.06. The van der Waals surface area contributed by atoms with Crippen LogP contribution in [0, 0.1) is 0 Å². The van der Waals surface area contributed by atoms with E-state index in [9.17, 15) is 26.3 Å². The molecular formula is C2F6NO. The zero-order valence-electron chi connectivity index (χ0n) is 4.12. The molecule has 0 aromatic rings. The first-order valence-electron chi connectivity index (χ1n) is 1.38. The van der Waals surface area contributed by atoms with Gasteiger partial charge in [-0.3, -0.25) is 0 Å². The largest absolute Gasteiger partial charge is 0.487 e. The predicted octanol–water partition coefficient (Wildman–Crippen LogP) is 1.51. The fourth-order valence-corrected chi connectivity index (χ4v) is 0. The average molecular weight is 168 g/mol. The Morgan fingerprint density at radius 1 is 0.600 bits per heavy atom. The van der Waals surface area contributed by atoms with Crippen LogP contribution in [0.1, 0.15) is 0 Å². The van der Waals surface area contributed by atoms with Gasteiger partial charge in [0.25, 0.3) is 0 Å². The number of hydrogen-bond donors (Lipinski definition) is 0. The molecule has 0 saturated carbocycles. The van der Waals surface area contributed by atoms with Crippen LogP contribution in [0.15, 0.2) is 0 Å². The van der Waals surface area contributed by atoms with Gasteiger partial charge in [0.15, 0.2) is 0 Å². The number of rotatable bonds is 0. The SMILES string of the molecule is FC(F)(F)C(F)(F)F.[N].[O]. The van der Waals surface area contributed by atoms with Crippen molar-refractivity contribution in [3.8, 4) is 0 Å². The molecule has 2 nitrogen and oxygen atoms in total. The van der Waals surface area contributed by atoms with E-state index >= 15 is 0 Å². The lowest BCUT2D eigenvalue weighted by molar-refractivity contribution is -0.339. The van der Waals surface area contributed by atoms with Crippen molar-refractivity contribution in [2.24, 2.45) is 0 Å². The molecule has 0 spiro atoms. The van der Waals surface area contributed by atoms with E-state index < -0.39 is 12.4 Å². The van der Waals surface area contributed by atoms with Crippen LogP contribution in [0.4, 0.5) is 26.3 Å². The van der Waals surface area contributed by atoms with Crippen molar-refractivity contribution >= 4 is 0 Å². The summed E-state index contributed by atoms with van der Waals surface area (Å²) in [6.45, 7) is 0. The maximum Gasteiger partial charge on any atom is 0.487 e. The van der Waals surface area contributed by atoms with Crippen LogP contribution >= 0.6 is 0 Å². The van der Waals surface area contributed by atoms with Gasteiger partial charge in [-0.15, -0.1) is 0 Å². The molecule has 8 heteroatoms. The summed E-state index contributed by atoms with van der Waals surface area (Å²) in [7, 11) is 0. The summed E-state index contributed by atoms with van der Waals surface area (Å²) in [6.07, 6.45) is -12.1. The summed E-state index contributed by atoms with van der Waals surface area (Å²) in [5, 5.41) is 0. The molecule has 0 heterocycles. The van der Waals surface area contributed by atoms with Crippen LogP contribution in [0.2, 0.25) is 0 Å². The van der Waals surface area contributed by atoms with Gasteiger partial charge in [-0.25, -0.2) is 0 Å². The zero-order valence-corrected chi connectivity index (χ0v) is 4.12. The Morgan fingerprint density at radius 2 is 0.700 bits per heavy atom. The molecule has 0 atom stereocenters. The van der Waals surface area contributed by atoms with Gasteiger partial charge in [-0.1, -0.05) is 0 Å². The normalized spacial score (nSPS) is 11.4. The van der Waals surface area contributed by atoms with Gasteiger partial charge in [-0.05, 0) is 0 Å². The fourth-order valence-electron chi connectivity index (χ4n) is 0. The number of hydrogen-bond acceptors (Lipinski definition) is 0. The first-order chi connectivity index (χ1) is 3.25. The van der Waals surface area contributed by atoms with Crippen LogP contribution in [-0.4, -0.2) is 12.4 Å². The zero-order chi connectivity index (χ0) is 7.00. The Balaban J connectivity index is -0.000000245. The molecule has 0 N–H and O–H groups in total. The molecule has 5 radical (unpaired) electrons. The Bertz CT molecular complexity index is 70.7. The summed E-state index contributed by atoms with van der Waals surface area (Å²) >= 11 is 0. The standard InChI is InChI=1S/C2F6.N.O/c3-1(4,5)2(6,7)8;;. The molecule has 0 aliphatic carbocycles. The van der Waals surface area contributed by atoms with Gasteiger partial charge in [0.05, 0.1) is 0 Å². The van der Waals surface area contributed by atoms with Gasteiger partial charge in [0.1, 0.15) is 0 Å². The molecule has 10 heavy (non-hydrogen) atoms. The number of nitrogens with zero attached hydrogens (tertiary/aromatic N) is 1. The van der Waals surface area contributed by atoms with Crippen LogP contribution in [0.3, 0.4) is 0 Å². The van der Waals surface area contributed by atoms with Crippen molar-refractivity contribution in [2.45, 2.75) is 12.4 Å². The highest BCUT2D eigenvalue weighted by molar-refractivity contribution is 4.59. The lowest BCUT2D eigenvalue weighted by atomic mass is 10.7. The van der Waals surface area contributed by atoms with Crippen molar-refractivity contribution in [1.82, 2.24) is 6.15 Å². The van der Waals surface area contributed by atoms with E-state index in [1.54, 1.807) is 0 Å². The average Bonchev–Trinajstić information content (AvgIpc) is 1.25. The maximum absolute atomic E-state index is 10.4. The lowest BCUT2D eigenvalue weighted by Gasteiger charge is -2.08. The van der Waals surface area contributed by atoms with Crippen molar-refractivity contribution in [3.63, 3.8) is 0 Å². The summed E-state index contributed by atoms with van der Waals surface area (Å²) in [5.74, 6) is 0. The van der Waals surface area contributed by atoms with E-state index in [0.29, 0.717) is 0 Å². The van der Waals surface area contributed by atoms with Crippen LogP contribution in [0.5, 0.6) is 0 Å². The van der Waals surface area contributed by atoms with E-state index in [2.05, 4.69) is 0 Å². The Morgan fingerprint density at radius 3 is 0.700 bits per heavy atom. The maximum atomic E-state index is 10.4. The van der Waals surface area contributed by atoms with Crippen molar-refractivity contribution in [2.75, 3.05) is 0 Å². The lowest BCUT2D eigenvalue weighted by Crippen LogP contribution is -2.30. The molecule has 0 bridgehead atoms. The third kappa shape index (κ3) is 4.39.